The Labute approximate surface area is 99.0 Å². The zero-order valence-electron chi connectivity index (χ0n) is 10.7. The summed E-state index contributed by atoms with van der Waals surface area (Å²) in [5.41, 5.74) is 6.77. The number of nitrogens with zero attached hydrogens (tertiary/aromatic N) is 1. The highest BCUT2D eigenvalue weighted by Gasteiger charge is 2.44. The molecule has 0 aromatic heterocycles. The van der Waals surface area contributed by atoms with Crippen molar-refractivity contribution in [1.82, 2.24) is 4.90 Å². The second-order valence-electron chi connectivity index (χ2n) is 5.68. The SMILES string of the molecule is CSCCN(C)C1(CN)CCC(C)(C)C1. The summed E-state index contributed by atoms with van der Waals surface area (Å²) in [7, 11) is 2.24. The topological polar surface area (TPSA) is 29.3 Å². The zero-order valence-corrected chi connectivity index (χ0v) is 11.5. The fourth-order valence-electron chi connectivity index (χ4n) is 2.76. The first-order valence-corrected chi connectivity index (χ1v) is 7.25. The van der Waals surface area contributed by atoms with Gasteiger partial charge in [-0.05, 0) is 38.0 Å². The van der Waals surface area contributed by atoms with Gasteiger partial charge in [0, 0.05) is 24.4 Å². The van der Waals surface area contributed by atoms with Crippen LogP contribution in [-0.2, 0) is 0 Å². The third-order valence-corrected chi connectivity index (χ3v) is 4.49. The van der Waals surface area contributed by atoms with Gasteiger partial charge in [0.05, 0.1) is 0 Å². The Hall–Kier alpha value is 0.270. The molecule has 1 saturated carbocycles. The summed E-state index contributed by atoms with van der Waals surface area (Å²) in [5.74, 6) is 1.21. The van der Waals surface area contributed by atoms with E-state index in [9.17, 15) is 0 Å². The fourth-order valence-corrected chi connectivity index (χ4v) is 3.22. The third-order valence-electron chi connectivity index (χ3n) is 3.90. The van der Waals surface area contributed by atoms with Crippen molar-refractivity contribution in [2.45, 2.75) is 38.6 Å². The van der Waals surface area contributed by atoms with Crippen LogP contribution >= 0.6 is 11.8 Å². The first-order chi connectivity index (χ1) is 6.96. The van der Waals surface area contributed by atoms with Crippen molar-refractivity contribution < 1.29 is 0 Å². The minimum Gasteiger partial charge on any atom is -0.329 e. The molecule has 0 spiro atoms. The molecule has 0 aliphatic heterocycles. The minimum atomic E-state index is 0.277. The predicted octanol–water partition coefficient (Wildman–Crippen LogP) is 2.19. The Balaban J connectivity index is 2.61. The number of nitrogens with two attached hydrogens (primary N) is 1. The average Bonchev–Trinajstić information content (AvgIpc) is 2.52. The van der Waals surface area contributed by atoms with Gasteiger partial charge in [-0.15, -0.1) is 0 Å². The quantitative estimate of drug-likeness (QED) is 0.785. The van der Waals surface area contributed by atoms with E-state index in [1.807, 2.05) is 11.8 Å². The Morgan fingerprint density at radius 3 is 2.40 bits per heavy atom. The predicted molar refractivity (Wildman–Crippen MR) is 70.4 cm³/mol. The molecule has 3 heteroatoms. The van der Waals surface area contributed by atoms with Gasteiger partial charge in [0.2, 0.25) is 0 Å². The van der Waals surface area contributed by atoms with Gasteiger partial charge in [-0.25, -0.2) is 0 Å². The van der Waals surface area contributed by atoms with Crippen LogP contribution in [0.1, 0.15) is 33.1 Å². The molecule has 2 nitrogen and oxygen atoms in total. The molecule has 0 aromatic rings. The number of thioether (sulfide) groups is 1. The maximum Gasteiger partial charge on any atom is 0.0334 e. The van der Waals surface area contributed by atoms with Gasteiger partial charge in [-0.2, -0.15) is 11.8 Å². The lowest BCUT2D eigenvalue weighted by Crippen LogP contribution is -2.51. The van der Waals surface area contributed by atoms with E-state index in [2.05, 4.69) is 32.1 Å². The molecule has 0 aromatic carbocycles. The lowest BCUT2D eigenvalue weighted by molar-refractivity contribution is 0.127. The lowest BCUT2D eigenvalue weighted by atomic mass is 9.87. The van der Waals surface area contributed by atoms with Crippen LogP contribution in [0.15, 0.2) is 0 Å². The molecule has 90 valence electrons. The number of rotatable bonds is 5. The van der Waals surface area contributed by atoms with Crippen LogP contribution in [0.2, 0.25) is 0 Å². The second kappa shape index (κ2) is 5.07. The van der Waals surface area contributed by atoms with Crippen LogP contribution < -0.4 is 5.73 Å². The molecular formula is C12H26N2S. The van der Waals surface area contributed by atoms with E-state index in [1.54, 1.807) is 0 Å². The van der Waals surface area contributed by atoms with Crippen LogP contribution in [0.4, 0.5) is 0 Å². The van der Waals surface area contributed by atoms with E-state index in [4.69, 9.17) is 5.73 Å². The van der Waals surface area contributed by atoms with Gasteiger partial charge in [0.1, 0.15) is 0 Å². The third kappa shape index (κ3) is 3.11. The van der Waals surface area contributed by atoms with E-state index in [-0.39, 0.29) is 5.54 Å². The van der Waals surface area contributed by atoms with Crippen molar-refractivity contribution >= 4 is 11.8 Å². The molecule has 0 radical (unpaired) electrons. The minimum absolute atomic E-state index is 0.277. The van der Waals surface area contributed by atoms with E-state index in [0.29, 0.717) is 5.41 Å². The average molecular weight is 230 g/mol. The van der Waals surface area contributed by atoms with Gasteiger partial charge >= 0.3 is 0 Å². The van der Waals surface area contributed by atoms with Crippen molar-refractivity contribution in [3.05, 3.63) is 0 Å². The molecule has 0 saturated heterocycles. The Kier molecular flexibility index (Phi) is 4.50. The maximum absolute atomic E-state index is 6.01. The van der Waals surface area contributed by atoms with Gasteiger partial charge in [-0.3, -0.25) is 4.90 Å². The first kappa shape index (κ1) is 13.3. The van der Waals surface area contributed by atoms with Gasteiger partial charge in [0.25, 0.3) is 0 Å². The smallest absolute Gasteiger partial charge is 0.0334 e. The summed E-state index contributed by atoms with van der Waals surface area (Å²) in [6.45, 7) is 6.70. The number of hydrogen-bond donors (Lipinski definition) is 1. The number of hydrogen-bond acceptors (Lipinski definition) is 3. The van der Waals surface area contributed by atoms with E-state index < -0.39 is 0 Å². The molecule has 1 atom stereocenters. The maximum atomic E-state index is 6.01. The molecule has 1 rings (SSSR count). The van der Waals surface area contributed by atoms with E-state index in [1.165, 1.54) is 25.0 Å². The van der Waals surface area contributed by atoms with Gasteiger partial charge < -0.3 is 5.73 Å². The van der Waals surface area contributed by atoms with Crippen LogP contribution in [-0.4, -0.2) is 42.6 Å². The Morgan fingerprint density at radius 1 is 1.33 bits per heavy atom. The Bertz CT molecular complexity index is 206. The van der Waals surface area contributed by atoms with Crippen molar-refractivity contribution in [1.29, 1.82) is 0 Å². The van der Waals surface area contributed by atoms with Crippen LogP contribution in [0, 0.1) is 5.41 Å². The van der Waals surface area contributed by atoms with Crippen molar-refractivity contribution in [3.8, 4) is 0 Å². The summed E-state index contributed by atoms with van der Waals surface area (Å²) in [6.07, 6.45) is 6.00. The molecule has 1 fully saturated rings. The normalized spacial score (nSPS) is 30.0. The highest BCUT2D eigenvalue weighted by molar-refractivity contribution is 7.98. The number of likely N-dealkylation sites (N-methyl/N-ethyl adjacent to an activating group) is 1. The Morgan fingerprint density at radius 2 is 2.00 bits per heavy atom. The van der Waals surface area contributed by atoms with Crippen LogP contribution in [0.3, 0.4) is 0 Å². The molecule has 2 N–H and O–H groups in total. The molecule has 1 unspecified atom stereocenters. The highest BCUT2D eigenvalue weighted by atomic mass is 32.2. The van der Waals surface area contributed by atoms with Gasteiger partial charge in [-0.1, -0.05) is 13.8 Å². The van der Waals surface area contributed by atoms with Gasteiger partial charge in [0.15, 0.2) is 0 Å². The van der Waals surface area contributed by atoms with E-state index >= 15 is 0 Å². The summed E-state index contributed by atoms with van der Waals surface area (Å²) >= 11 is 1.92. The van der Waals surface area contributed by atoms with E-state index in [0.717, 1.165) is 13.1 Å². The molecule has 0 heterocycles. The highest BCUT2D eigenvalue weighted by Crippen LogP contribution is 2.45. The first-order valence-electron chi connectivity index (χ1n) is 5.86. The summed E-state index contributed by atoms with van der Waals surface area (Å²) in [6, 6.07) is 0. The van der Waals surface area contributed by atoms with Crippen molar-refractivity contribution in [3.63, 3.8) is 0 Å². The monoisotopic (exact) mass is 230 g/mol. The molecule has 1 aliphatic carbocycles. The van der Waals surface area contributed by atoms with Crippen molar-refractivity contribution in [2.75, 3.05) is 32.1 Å². The van der Waals surface area contributed by atoms with Crippen LogP contribution in [0.5, 0.6) is 0 Å². The summed E-state index contributed by atoms with van der Waals surface area (Å²) in [5, 5.41) is 0. The second-order valence-corrected chi connectivity index (χ2v) is 6.67. The standard InChI is InChI=1S/C12H26N2S/c1-11(2)5-6-12(9-11,10-13)14(3)7-8-15-4/h5-10,13H2,1-4H3. The molecule has 0 bridgehead atoms. The summed E-state index contributed by atoms with van der Waals surface area (Å²) in [4.78, 5) is 2.50. The molecular weight excluding hydrogens is 204 g/mol. The largest absolute Gasteiger partial charge is 0.329 e. The lowest BCUT2D eigenvalue weighted by Gasteiger charge is -2.39. The fraction of sp³-hybridized carbons (Fsp3) is 1.00. The molecule has 0 amide bonds. The molecule has 1 aliphatic rings. The summed E-state index contributed by atoms with van der Waals surface area (Å²) < 4.78 is 0. The zero-order chi connectivity index (χ0) is 11.5. The van der Waals surface area contributed by atoms with Crippen molar-refractivity contribution in [2.24, 2.45) is 11.1 Å². The van der Waals surface area contributed by atoms with Crippen LogP contribution in [0.25, 0.3) is 0 Å². The molecule has 15 heavy (non-hydrogen) atoms.